The summed E-state index contributed by atoms with van der Waals surface area (Å²) in [6.07, 6.45) is 2.91. The van der Waals surface area contributed by atoms with Gasteiger partial charge in [-0.1, -0.05) is 36.4 Å². The zero-order valence-corrected chi connectivity index (χ0v) is 18.6. The Morgan fingerprint density at radius 3 is 2.81 bits per heavy atom. The molecule has 162 valence electrons. The number of hydrogen-bond acceptors (Lipinski definition) is 7. The average molecular weight is 446 g/mol. The minimum Gasteiger partial charge on any atom is -0.477 e. The summed E-state index contributed by atoms with van der Waals surface area (Å²) in [5.74, 6) is 1.28. The molecule has 0 saturated heterocycles. The Morgan fingerprint density at radius 1 is 1.19 bits per heavy atom. The monoisotopic (exact) mass is 445 g/mol. The van der Waals surface area contributed by atoms with Crippen molar-refractivity contribution in [2.45, 2.75) is 25.3 Å². The zero-order chi connectivity index (χ0) is 22.1. The molecule has 1 aliphatic carbocycles. The highest BCUT2D eigenvalue weighted by atomic mass is 32.2. The van der Waals surface area contributed by atoms with Crippen LogP contribution in [0.15, 0.2) is 58.4 Å². The minimum atomic E-state index is -0.221. The molecular weight excluding hydrogens is 422 g/mol. The van der Waals surface area contributed by atoms with E-state index in [1.54, 1.807) is 7.05 Å². The maximum absolute atomic E-state index is 12.5. The molecule has 1 amide bonds. The number of aliphatic imine (C=N–C) groups is 1. The van der Waals surface area contributed by atoms with Crippen LogP contribution in [0.4, 0.5) is 5.95 Å². The number of carbonyl (C=O) groups is 1. The van der Waals surface area contributed by atoms with Crippen LogP contribution in [-0.4, -0.2) is 40.7 Å². The van der Waals surface area contributed by atoms with E-state index in [9.17, 15) is 4.79 Å². The van der Waals surface area contributed by atoms with Gasteiger partial charge in [-0.15, -0.1) is 0 Å². The normalized spacial score (nSPS) is 21.0. The quantitative estimate of drug-likeness (QED) is 0.550. The van der Waals surface area contributed by atoms with Gasteiger partial charge in [0.2, 0.25) is 11.8 Å². The molecule has 3 aromatic rings. The van der Waals surface area contributed by atoms with Crippen LogP contribution >= 0.6 is 11.8 Å². The maximum Gasteiger partial charge on any atom is 0.286 e. The molecule has 1 saturated carbocycles. The molecule has 2 atom stereocenters. The molecule has 5 rings (SSSR count). The second-order valence-corrected chi connectivity index (χ2v) is 8.68. The van der Waals surface area contributed by atoms with Crippen LogP contribution in [0.25, 0.3) is 17.0 Å². The Bertz CT molecular complexity index is 1240. The lowest BCUT2D eigenvalue weighted by molar-refractivity contribution is -0.113. The molecule has 1 aromatic heterocycles. The van der Waals surface area contributed by atoms with E-state index in [0.29, 0.717) is 40.5 Å². The Labute approximate surface area is 190 Å². The van der Waals surface area contributed by atoms with E-state index < -0.39 is 0 Å². The molecule has 1 fully saturated rings. The standard InChI is InChI=1S/C24H23N5O2S/c1-3-31-22-17-11-14(9-10-18(17)26-23(25-2)29-22)12-20-21(30)28-24(32-20)27-19-13-16(19)15-7-5-4-6-8-15/h4-12,16,19H,3,13H2,1-2H3,(H,25,26,29)(H,27,28,30)/b20-12-/t16-,19?/m1/s1. The van der Waals surface area contributed by atoms with Crippen molar-refractivity contribution in [3.05, 3.63) is 64.6 Å². The van der Waals surface area contributed by atoms with Crippen LogP contribution in [0.1, 0.15) is 30.4 Å². The Balaban J connectivity index is 1.32. The van der Waals surface area contributed by atoms with Crippen molar-refractivity contribution in [3.63, 3.8) is 0 Å². The number of carbonyl (C=O) groups excluding carboxylic acids is 1. The van der Waals surface area contributed by atoms with Gasteiger partial charge in [-0.2, -0.15) is 9.98 Å². The van der Waals surface area contributed by atoms with Crippen molar-refractivity contribution in [2.24, 2.45) is 4.99 Å². The third-order valence-electron chi connectivity index (χ3n) is 5.43. The van der Waals surface area contributed by atoms with Gasteiger partial charge in [0, 0.05) is 19.0 Å². The third kappa shape index (κ3) is 4.18. The van der Waals surface area contributed by atoms with E-state index in [0.717, 1.165) is 22.9 Å². The first-order chi connectivity index (χ1) is 15.6. The van der Waals surface area contributed by atoms with Gasteiger partial charge in [0.15, 0.2) is 5.17 Å². The van der Waals surface area contributed by atoms with Gasteiger partial charge in [-0.25, -0.2) is 4.98 Å². The summed E-state index contributed by atoms with van der Waals surface area (Å²) in [5, 5.41) is 7.84. The molecule has 0 radical (unpaired) electrons. The predicted molar refractivity (Wildman–Crippen MR) is 129 cm³/mol. The van der Waals surface area contributed by atoms with Crippen molar-refractivity contribution >= 4 is 45.8 Å². The first-order valence-electron chi connectivity index (χ1n) is 10.6. The highest BCUT2D eigenvalue weighted by molar-refractivity contribution is 8.18. The second-order valence-electron chi connectivity index (χ2n) is 7.65. The molecule has 2 aliphatic rings. The van der Waals surface area contributed by atoms with Gasteiger partial charge >= 0.3 is 0 Å². The summed E-state index contributed by atoms with van der Waals surface area (Å²) >= 11 is 1.38. The van der Waals surface area contributed by atoms with Crippen LogP contribution in [-0.2, 0) is 4.79 Å². The van der Waals surface area contributed by atoms with Gasteiger partial charge < -0.3 is 15.4 Å². The number of aromatic nitrogens is 2. The van der Waals surface area contributed by atoms with E-state index in [-0.39, 0.29) is 5.91 Å². The van der Waals surface area contributed by atoms with E-state index >= 15 is 0 Å². The minimum absolute atomic E-state index is 0.221. The lowest BCUT2D eigenvalue weighted by Crippen LogP contribution is -2.22. The van der Waals surface area contributed by atoms with E-state index in [1.165, 1.54) is 17.3 Å². The molecule has 2 N–H and O–H groups in total. The number of rotatable bonds is 6. The van der Waals surface area contributed by atoms with E-state index in [4.69, 9.17) is 4.74 Å². The highest BCUT2D eigenvalue weighted by Crippen LogP contribution is 2.42. The van der Waals surface area contributed by atoms with Gasteiger partial charge in [0.1, 0.15) is 0 Å². The number of hydrogen-bond donors (Lipinski definition) is 2. The molecule has 32 heavy (non-hydrogen) atoms. The summed E-state index contributed by atoms with van der Waals surface area (Å²) < 4.78 is 5.71. The topological polar surface area (TPSA) is 88.5 Å². The van der Waals surface area contributed by atoms with Crippen molar-refractivity contribution in [2.75, 3.05) is 19.0 Å². The van der Waals surface area contributed by atoms with E-state index in [2.05, 4.69) is 49.9 Å². The molecule has 7 nitrogen and oxygen atoms in total. The molecule has 2 heterocycles. The summed E-state index contributed by atoms with van der Waals surface area (Å²) in [7, 11) is 1.77. The Morgan fingerprint density at radius 2 is 2.03 bits per heavy atom. The number of thioether (sulfide) groups is 1. The lowest BCUT2D eigenvalue weighted by atomic mass is 10.1. The molecule has 1 aliphatic heterocycles. The SMILES string of the molecule is CCOc1nc(NC)nc2ccc(/C=C3\SC(NC4C[C@@H]4c4ccccc4)=NC3=O)cc12. The summed E-state index contributed by atoms with van der Waals surface area (Å²) in [4.78, 5) is 26.2. The smallest absolute Gasteiger partial charge is 0.286 e. The predicted octanol–water partition coefficient (Wildman–Crippen LogP) is 4.19. The average Bonchev–Trinajstić information content (AvgIpc) is 3.49. The Hall–Kier alpha value is -3.39. The number of amidine groups is 1. The Kier molecular flexibility index (Phi) is 5.53. The first kappa shape index (κ1) is 20.5. The number of amides is 1. The first-order valence-corrected chi connectivity index (χ1v) is 11.4. The number of ether oxygens (including phenoxy) is 1. The molecular formula is C24H23N5O2S. The fourth-order valence-electron chi connectivity index (χ4n) is 3.77. The van der Waals surface area contributed by atoms with Crippen LogP contribution in [0.3, 0.4) is 0 Å². The fraction of sp³-hybridized carbons (Fsp3) is 0.250. The number of anilines is 1. The van der Waals surface area contributed by atoms with Gasteiger partial charge in [-0.05, 0) is 54.4 Å². The van der Waals surface area contributed by atoms with Gasteiger partial charge in [0.25, 0.3) is 5.91 Å². The van der Waals surface area contributed by atoms with Crippen molar-refractivity contribution in [1.29, 1.82) is 0 Å². The highest BCUT2D eigenvalue weighted by Gasteiger charge is 2.40. The van der Waals surface area contributed by atoms with Gasteiger partial charge in [-0.3, -0.25) is 4.79 Å². The largest absolute Gasteiger partial charge is 0.477 e. The van der Waals surface area contributed by atoms with E-state index in [1.807, 2.05) is 37.3 Å². The summed E-state index contributed by atoms with van der Waals surface area (Å²) in [5.41, 5.74) is 2.97. The van der Waals surface area contributed by atoms with Crippen LogP contribution < -0.4 is 15.4 Å². The van der Waals surface area contributed by atoms with Crippen molar-refractivity contribution in [1.82, 2.24) is 15.3 Å². The molecule has 8 heteroatoms. The molecule has 0 bridgehead atoms. The number of benzene rings is 2. The molecule has 2 aromatic carbocycles. The zero-order valence-electron chi connectivity index (χ0n) is 17.8. The molecule has 1 unspecified atom stereocenters. The summed E-state index contributed by atoms with van der Waals surface area (Å²) in [6.45, 7) is 2.42. The number of nitrogens with zero attached hydrogens (tertiary/aromatic N) is 3. The number of fused-ring (bicyclic) bond motifs is 1. The number of nitrogens with one attached hydrogen (secondary N) is 2. The fourth-order valence-corrected chi connectivity index (χ4v) is 4.65. The second kappa shape index (κ2) is 8.63. The van der Waals surface area contributed by atoms with Crippen molar-refractivity contribution < 1.29 is 9.53 Å². The summed E-state index contributed by atoms with van der Waals surface area (Å²) in [6, 6.07) is 16.5. The van der Waals surface area contributed by atoms with Crippen LogP contribution in [0.2, 0.25) is 0 Å². The van der Waals surface area contributed by atoms with Crippen LogP contribution in [0.5, 0.6) is 5.88 Å². The maximum atomic E-state index is 12.5. The van der Waals surface area contributed by atoms with Gasteiger partial charge in [0.05, 0.1) is 22.4 Å². The third-order valence-corrected chi connectivity index (χ3v) is 6.35. The van der Waals surface area contributed by atoms with Crippen LogP contribution in [0, 0.1) is 0 Å². The molecule has 0 spiro atoms. The van der Waals surface area contributed by atoms with Crippen molar-refractivity contribution in [3.8, 4) is 5.88 Å². The lowest BCUT2D eigenvalue weighted by Gasteiger charge is -2.09.